The van der Waals surface area contributed by atoms with E-state index in [0.717, 1.165) is 30.6 Å². The third-order valence-corrected chi connectivity index (χ3v) is 4.17. The molecule has 21 heavy (non-hydrogen) atoms. The molecule has 2 rings (SSSR count). The normalized spacial score (nSPS) is 25.5. The molecular weight excluding hydrogens is 262 g/mol. The number of benzene rings is 1. The summed E-state index contributed by atoms with van der Waals surface area (Å²) in [5.41, 5.74) is 0.570. The van der Waals surface area contributed by atoms with Crippen LogP contribution in [0, 0.1) is 5.92 Å². The van der Waals surface area contributed by atoms with Crippen molar-refractivity contribution in [2.75, 3.05) is 13.2 Å². The smallest absolute Gasteiger partial charge is 0.124 e. The summed E-state index contributed by atoms with van der Waals surface area (Å²) < 4.78 is 5.65. The summed E-state index contributed by atoms with van der Waals surface area (Å²) >= 11 is 0. The van der Waals surface area contributed by atoms with E-state index in [0.29, 0.717) is 25.6 Å². The lowest BCUT2D eigenvalue weighted by atomic mass is 9.79. The number of nitrogens with one attached hydrogen (secondary N) is 1. The van der Waals surface area contributed by atoms with Crippen LogP contribution in [0.15, 0.2) is 36.9 Å². The van der Waals surface area contributed by atoms with Gasteiger partial charge in [-0.05, 0) is 24.8 Å². The van der Waals surface area contributed by atoms with Crippen molar-refractivity contribution in [1.29, 1.82) is 0 Å². The molecule has 0 saturated heterocycles. The summed E-state index contributed by atoms with van der Waals surface area (Å²) in [6.45, 7) is 7.77. The molecule has 2 unspecified atom stereocenters. The van der Waals surface area contributed by atoms with Gasteiger partial charge >= 0.3 is 0 Å². The first kappa shape index (κ1) is 16.1. The van der Waals surface area contributed by atoms with Crippen molar-refractivity contribution in [1.82, 2.24) is 5.32 Å². The molecule has 1 aromatic carbocycles. The Labute approximate surface area is 128 Å². The highest BCUT2D eigenvalue weighted by Crippen LogP contribution is 2.31. The quantitative estimate of drug-likeness (QED) is 0.757. The average molecular weight is 289 g/mol. The molecule has 2 atom stereocenters. The SMILES string of the molecule is C=CCOc1ccccc1CNCC1(O)CCCC(C)C1. The monoisotopic (exact) mass is 289 g/mol. The Kier molecular flexibility index (Phi) is 5.83. The minimum atomic E-state index is -0.547. The van der Waals surface area contributed by atoms with Crippen molar-refractivity contribution >= 4 is 0 Å². The highest BCUT2D eigenvalue weighted by atomic mass is 16.5. The standard InChI is InChI=1S/C18H27NO2/c1-3-11-21-17-9-5-4-8-16(17)13-19-14-18(20)10-6-7-15(2)12-18/h3-5,8-9,15,19-20H,1,6-7,10-14H2,2H3. The van der Waals surface area contributed by atoms with Gasteiger partial charge in [0.05, 0.1) is 5.60 Å². The van der Waals surface area contributed by atoms with Crippen molar-refractivity contribution in [3.05, 3.63) is 42.5 Å². The molecule has 3 heteroatoms. The molecule has 0 amide bonds. The highest BCUT2D eigenvalue weighted by Gasteiger charge is 2.32. The van der Waals surface area contributed by atoms with Crippen molar-refractivity contribution in [2.45, 2.75) is 44.8 Å². The van der Waals surface area contributed by atoms with Crippen LogP contribution >= 0.6 is 0 Å². The number of ether oxygens (including phenoxy) is 1. The van der Waals surface area contributed by atoms with Crippen molar-refractivity contribution < 1.29 is 9.84 Å². The first-order chi connectivity index (χ1) is 10.1. The molecule has 0 aromatic heterocycles. The molecule has 3 nitrogen and oxygen atoms in total. The Morgan fingerprint density at radius 1 is 1.48 bits per heavy atom. The number of rotatable bonds is 7. The molecule has 0 radical (unpaired) electrons. The van der Waals surface area contributed by atoms with Gasteiger partial charge in [-0.2, -0.15) is 0 Å². The van der Waals surface area contributed by atoms with E-state index in [1.807, 2.05) is 18.2 Å². The van der Waals surface area contributed by atoms with Crippen LogP contribution in [0.5, 0.6) is 5.75 Å². The fraction of sp³-hybridized carbons (Fsp3) is 0.556. The van der Waals surface area contributed by atoms with Gasteiger partial charge in [-0.1, -0.05) is 50.6 Å². The van der Waals surface area contributed by atoms with Gasteiger partial charge in [-0.15, -0.1) is 0 Å². The number of para-hydroxylation sites is 1. The van der Waals surface area contributed by atoms with Crippen LogP contribution in [0.3, 0.4) is 0 Å². The summed E-state index contributed by atoms with van der Waals surface area (Å²) in [5.74, 6) is 1.50. The predicted octanol–water partition coefficient (Wildman–Crippen LogP) is 3.28. The van der Waals surface area contributed by atoms with Crippen LogP contribution in [0.1, 0.15) is 38.2 Å². The Hall–Kier alpha value is -1.32. The number of hydrogen-bond acceptors (Lipinski definition) is 3. The summed E-state index contributed by atoms with van der Waals surface area (Å²) in [6, 6.07) is 8.00. The van der Waals surface area contributed by atoms with E-state index in [1.165, 1.54) is 6.42 Å². The van der Waals surface area contributed by atoms with Crippen molar-refractivity contribution in [3.63, 3.8) is 0 Å². The van der Waals surface area contributed by atoms with Gasteiger partial charge in [-0.25, -0.2) is 0 Å². The summed E-state index contributed by atoms with van der Waals surface area (Å²) in [6.07, 6.45) is 5.91. The van der Waals surface area contributed by atoms with E-state index >= 15 is 0 Å². The van der Waals surface area contributed by atoms with Gasteiger partial charge in [-0.3, -0.25) is 0 Å². The van der Waals surface area contributed by atoms with Crippen LogP contribution in [0.4, 0.5) is 0 Å². The Morgan fingerprint density at radius 3 is 3.05 bits per heavy atom. The lowest BCUT2D eigenvalue weighted by Gasteiger charge is -2.35. The zero-order valence-corrected chi connectivity index (χ0v) is 13.0. The number of hydrogen-bond donors (Lipinski definition) is 2. The van der Waals surface area contributed by atoms with E-state index in [4.69, 9.17) is 4.74 Å². The lowest BCUT2D eigenvalue weighted by Crippen LogP contribution is -2.43. The molecule has 116 valence electrons. The molecule has 1 fully saturated rings. The summed E-state index contributed by atoms with van der Waals surface area (Å²) in [5, 5.41) is 14.0. The van der Waals surface area contributed by atoms with Crippen molar-refractivity contribution in [3.8, 4) is 5.75 Å². The van der Waals surface area contributed by atoms with E-state index < -0.39 is 5.60 Å². The fourth-order valence-electron chi connectivity index (χ4n) is 3.16. The minimum absolute atomic E-state index is 0.512. The fourth-order valence-corrected chi connectivity index (χ4v) is 3.16. The Bertz CT molecular complexity index is 460. The molecule has 0 bridgehead atoms. The van der Waals surface area contributed by atoms with Crippen LogP contribution in [-0.2, 0) is 6.54 Å². The Morgan fingerprint density at radius 2 is 2.29 bits per heavy atom. The highest BCUT2D eigenvalue weighted by molar-refractivity contribution is 5.33. The maximum atomic E-state index is 10.6. The minimum Gasteiger partial charge on any atom is -0.489 e. The van der Waals surface area contributed by atoms with Gasteiger partial charge < -0.3 is 15.2 Å². The van der Waals surface area contributed by atoms with Crippen LogP contribution in [0.2, 0.25) is 0 Å². The van der Waals surface area contributed by atoms with Gasteiger partial charge in [0.2, 0.25) is 0 Å². The third-order valence-electron chi connectivity index (χ3n) is 4.17. The largest absolute Gasteiger partial charge is 0.489 e. The first-order valence-corrected chi connectivity index (χ1v) is 7.88. The summed E-state index contributed by atoms with van der Waals surface area (Å²) in [7, 11) is 0. The van der Waals surface area contributed by atoms with Gasteiger partial charge in [0, 0.05) is 18.7 Å². The molecule has 0 aliphatic heterocycles. The Balaban J connectivity index is 1.86. The molecule has 1 aliphatic rings. The third kappa shape index (κ3) is 4.87. The lowest BCUT2D eigenvalue weighted by molar-refractivity contribution is -0.0119. The molecule has 1 aromatic rings. The van der Waals surface area contributed by atoms with Gasteiger partial charge in [0.15, 0.2) is 0 Å². The zero-order valence-electron chi connectivity index (χ0n) is 13.0. The second-order valence-corrected chi connectivity index (χ2v) is 6.24. The molecule has 0 heterocycles. The van der Waals surface area contributed by atoms with Crippen molar-refractivity contribution in [2.24, 2.45) is 5.92 Å². The molecule has 0 spiro atoms. The second kappa shape index (κ2) is 7.62. The van der Waals surface area contributed by atoms with Gasteiger partial charge in [0.25, 0.3) is 0 Å². The van der Waals surface area contributed by atoms with Crippen LogP contribution in [0.25, 0.3) is 0 Å². The van der Waals surface area contributed by atoms with Gasteiger partial charge in [0.1, 0.15) is 12.4 Å². The molecule has 2 N–H and O–H groups in total. The molecule has 1 saturated carbocycles. The maximum Gasteiger partial charge on any atom is 0.124 e. The first-order valence-electron chi connectivity index (χ1n) is 7.88. The molecular formula is C18H27NO2. The second-order valence-electron chi connectivity index (χ2n) is 6.24. The number of aliphatic hydroxyl groups is 1. The average Bonchev–Trinajstić information content (AvgIpc) is 2.46. The maximum absolute atomic E-state index is 10.6. The predicted molar refractivity (Wildman–Crippen MR) is 86.4 cm³/mol. The van der Waals surface area contributed by atoms with E-state index in [1.54, 1.807) is 6.08 Å². The topological polar surface area (TPSA) is 41.5 Å². The summed E-state index contributed by atoms with van der Waals surface area (Å²) in [4.78, 5) is 0. The van der Waals surface area contributed by atoms with E-state index in [9.17, 15) is 5.11 Å². The zero-order chi connectivity index (χ0) is 15.1. The van der Waals surface area contributed by atoms with Crippen LogP contribution < -0.4 is 10.1 Å². The van der Waals surface area contributed by atoms with E-state index in [-0.39, 0.29) is 0 Å². The molecule has 1 aliphatic carbocycles. The van der Waals surface area contributed by atoms with E-state index in [2.05, 4.69) is 24.9 Å². The van der Waals surface area contributed by atoms with Crippen LogP contribution in [-0.4, -0.2) is 23.9 Å².